The first kappa shape index (κ1) is 18.5. The van der Waals surface area contributed by atoms with E-state index in [1.165, 1.54) is 25.7 Å². The van der Waals surface area contributed by atoms with E-state index < -0.39 is 10.0 Å². The number of rotatable bonds is 5. The number of hydrogen-bond acceptors (Lipinski definition) is 4. The van der Waals surface area contributed by atoms with Crippen LogP contribution in [0.3, 0.4) is 0 Å². The molecule has 2 saturated heterocycles. The van der Waals surface area contributed by atoms with E-state index in [1.807, 2.05) is 11.8 Å². The summed E-state index contributed by atoms with van der Waals surface area (Å²) in [6, 6.07) is 0. The molecule has 24 heavy (non-hydrogen) atoms. The molecule has 0 bridgehead atoms. The summed E-state index contributed by atoms with van der Waals surface area (Å²) in [5.74, 6) is 2.18. The Hall–Kier alpha value is -0.270. The summed E-state index contributed by atoms with van der Waals surface area (Å²) in [5.41, 5.74) is 0. The molecule has 0 aromatic heterocycles. The van der Waals surface area contributed by atoms with Crippen molar-refractivity contribution in [2.45, 2.75) is 63.2 Å². The second-order valence-electron chi connectivity index (χ2n) is 7.33. The molecule has 0 aromatic rings. The molecule has 0 atom stereocenters. The predicted molar refractivity (Wildman–Crippen MR) is 98.4 cm³/mol. The summed E-state index contributed by atoms with van der Waals surface area (Å²) in [7, 11) is -3.11. The highest BCUT2D eigenvalue weighted by atomic mass is 32.2. The summed E-state index contributed by atoms with van der Waals surface area (Å²) in [4.78, 5) is 14.7. The molecule has 3 rings (SSSR count). The van der Waals surface area contributed by atoms with E-state index in [9.17, 15) is 13.2 Å². The smallest absolute Gasteiger partial charge is 0.223 e. The average molecular weight is 375 g/mol. The highest BCUT2D eigenvalue weighted by Gasteiger charge is 2.47. The van der Waals surface area contributed by atoms with Crippen LogP contribution in [0.1, 0.15) is 58.3 Å². The minimum absolute atomic E-state index is 0.146. The molecule has 1 amide bonds. The van der Waals surface area contributed by atoms with Crippen molar-refractivity contribution in [3.05, 3.63) is 0 Å². The molecule has 7 heteroatoms. The van der Waals surface area contributed by atoms with Gasteiger partial charge in [-0.15, -0.1) is 11.8 Å². The van der Waals surface area contributed by atoms with Gasteiger partial charge in [0.1, 0.15) is 0 Å². The molecule has 3 aliphatic rings. The van der Waals surface area contributed by atoms with Crippen molar-refractivity contribution in [1.82, 2.24) is 9.21 Å². The fraction of sp³-hybridized carbons (Fsp3) is 0.941. The van der Waals surface area contributed by atoms with Gasteiger partial charge in [0.25, 0.3) is 0 Å². The standard InChI is InChI=1S/C17H30N2O3S2/c1-2-24(21,22)18-11-9-17(10-12-18)19(13-14-23-17)16(20)8-7-15-5-3-4-6-15/h15H,2-14H2,1H3. The number of nitrogens with zero attached hydrogens (tertiary/aromatic N) is 2. The first-order valence-electron chi connectivity index (χ1n) is 9.39. The van der Waals surface area contributed by atoms with Gasteiger partial charge in [-0.1, -0.05) is 25.7 Å². The fourth-order valence-corrected chi connectivity index (χ4v) is 7.01. The Morgan fingerprint density at radius 3 is 2.46 bits per heavy atom. The van der Waals surface area contributed by atoms with E-state index in [4.69, 9.17) is 0 Å². The second kappa shape index (κ2) is 7.54. The summed E-state index contributed by atoms with van der Waals surface area (Å²) in [5, 5.41) is 0. The zero-order valence-corrected chi connectivity index (χ0v) is 16.3. The zero-order chi connectivity index (χ0) is 17.2. The molecule has 138 valence electrons. The van der Waals surface area contributed by atoms with Crippen LogP contribution in [-0.2, 0) is 14.8 Å². The van der Waals surface area contributed by atoms with E-state index >= 15 is 0 Å². The number of thioether (sulfide) groups is 1. The van der Waals surface area contributed by atoms with E-state index in [0.29, 0.717) is 25.4 Å². The number of amides is 1. The number of piperidine rings is 1. The van der Waals surface area contributed by atoms with Crippen LogP contribution in [0.15, 0.2) is 0 Å². The SMILES string of the molecule is CCS(=O)(=O)N1CCC2(CC1)SCCN2C(=O)CCC1CCCC1. The molecule has 2 aliphatic heterocycles. The fourth-order valence-electron chi connectivity index (χ4n) is 4.43. The molecule has 1 aliphatic carbocycles. The molecule has 0 unspecified atom stereocenters. The largest absolute Gasteiger partial charge is 0.327 e. The maximum Gasteiger partial charge on any atom is 0.223 e. The number of hydrogen-bond donors (Lipinski definition) is 0. The van der Waals surface area contributed by atoms with Crippen LogP contribution in [0.5, 0.6) is 0 Å². The Labute approximate surface area is 150 Å². The molecule has 1 spiro atoms. The van der Waals surface area contributed by atoms with Crippen molar-refractivity contribution >= 4 is 27.7 Å². The van der Waals surface area contributed by atoms with Crippen molar-refractivity contribution in [2.24, 2.45) is 5.92 Å². The van der Waals surface area contributed by atoms with E-state index in [0.717, 1.165) is 37.5 Å². The van der Waals surface area contributed by atoms with Crippen LogP contribution in [0.25, 0.3) is 0 Å². The van der Waals surface area contributed by atoms with Crippen molar-refractivity contribution in [2.75, 3.05) is 31.1 Å². The molecule has 5 nitrogen and oxygen atoms in total. The Bertz CT molecular complexity index is 550. The second-order valence-corrected chi connectivity index (χ2v) is 11.0. The highest BCUT2D eigenvalue weighted by molar-refractivity contribution is 8.00. The van der Waals surface area contributed by atoms with E-state index in [-0.39, 0.29) is 10.6 Å². The third-order valence-electron chi connectivity index (χ3n) is 5.98. The molecule has 1 saturated carbocycles. The zero-order valence-electron chi connectivity index (χ0n) is 14.7. The van der Waals surface area contributed by atoms with Gasteiger partial charge >= 0.3 is 0 Å². The lowest BCUT2D eigenvalue weighted by Gasteiger charge is -2.43. The Morgan fingerprint density at radius 1 is 1.17 bits per heavy atom. The lowest BCUT2D eigenvalue weighted by molar-refractivity contribution is -0.134. The van der Waals surface area contributed by atoms with E-state index in [2.05, 4.69) is 4.90 Å². The van der Waals surface area contributed by atoms with Crippen molar-refractivity contribution < 1.29 is 13.2 Å². The van der Waals surface area contributed by atoms with Gasteiger partial charge in [-0.25, -0.2) is 12.7 Å². The van der Waals surface area contributed by atoms with Gasteiger partial charge in [0.05, 0.1) is 10.6 Å². The number of carbonyl (C=O) groups is 1. The quantitative estimate of drug-likeness (QED) is 0.742. The van der Waals surface area contributed by atoms with Gasteiger partial charge in [-0.2, -0.15) is 0 Å². The minimum atomic E-state index is -3.11. The topological polar surface area (TPSA) is 57.7 Å². The lowest BCUT2D eigenvalue weighted by Crippen LogP contribution is -2.53. The van der Waals surface area contributed by atoms with Crippen LogP contribution < -0.4 is 0 Å². The lowest BCUT2D eigenvalue weighted by atomic mass is 9.99. The third kappa shape index (κ3) is 3.78. The number of sulfonamides is 1. The third-order valence-corrected chi connectivity index (χ3v) is 9.42. The predicted octanol–water partition coefficient (Wildman–Crippen LogP) is 2.67. The first-order chi connectivity index (χ1) is 11.5. The molecule has 0 radical (unpaired) electrons. The van der Waals surface area contributed by atoms with Crippen LogP contribution in [-0.4, -0.2) is 59.5 Å². The highest BCUT2D eigenvalue weighted by Crippen LogP contribution is 2.44. The van der Waals surface area contributed by atoms with Crippen molar-refractivity contribution in [3.8, 4) is 0 Å². The van der Waals surface area contributed by atoms with Crippen LogP contribution in [0, 0.1) is 5.92 Å². The maximum absolute atomic E-state index is 12.8. The van der Waals surface area contributed by atoms with Gasteiger partial charge in [0.15, 0.2) is 0 Å². The normalized spacial score (nSPS) is 25.6. The molecule has 0 aromatic carbocycles. The van der Waals surface area contributed by atoms with Gasteiger partial charge in [0.2, 0.25) is 15.9 Å². The summed E-state index contributed by atoms with van der Waals surface area (Å²) in [6.45, 7) is 3.63. The summed E-state index contributed by atoms with van der Waals surface area (Å²) < 4.78 is 25.7. The van der Waals surface area contributed by atoms with Gasteiger partial charge < -0.3 is 4.90 Å². The van der Waals surface area contributed by atoms with Crippen LogP contribution >= 0.6 is 11.8 Å². The Kier molecular flexibility index (Phi) is 5.82. The maximum atomic E-state index is 12.8. The molecule has 2 heterocycles. The summed E-state index contributed by atoms with van der Waals surface area (Å²) in [6.07, 6.45) is 8.47. The van der Waals surface area contributed by atoms with Crippen molar-refractivity contribution in [3.63, 3.8) is 0 Å². The molecule has 0 N–H and O–H groups in total. The average Bonchev–Trinajstić information content (AvgIpc) is 3.23. The Morgan fingerprint density at radius 2 is 1.83 bits per heavy atom. The number of carbonyl (C=O) groups excluding carboxylic acids is 1. The van der Waals surface area contributed by atoms with Gasteiger partial charge in [-0.05, 0) is 32.1 Å². The van der Waals surface area contributed by atoms with Gasteiger partial charge in [0, 0.05) is 31.8 Å². The summed E-state index contributed by atoms with van der Waals surface area (Å²) >= 11 is 1.86. The van der Waals surface area contributed by atoms with E-state index in [1.54, 1.807) is 11.2 Å². The van der Waals surface area contributed by atoms with Crippen LogP contribution in [0.2, 0.25) is 0 Å². The molecular weight excluding hydrogens is 344 g/mol. The van der Waals surface area contributed by atoms with Gasteiger partial charge in [-0.3, -0.25) is 4.79 Å². The Balaban J connectivity index is 1.58. The molecular formula is C17H30N2O3S2. The monoisotopic (exact) mass is 374 g/mol. The minimum Gasteiger partial charge on any atom is -0.327 e. The first-order valence-corrected chi connectivity index (χ1v) is 12.0. The van der Waals surface area contributed by atoms with Crippen molar-refractivity contribution in [1.29, 1.82) is 0 Å². The van der Waals surface area contributed by atoms with Crippen LogP contribution in [0.4, 0.5) is 0 Å². The molecule has 3 fully saturated rings.